The second-order valence-electron chi connectivity index (χ2n) is 5.12. The van der Waals surface area contributed by atoms with Crippen molar-refractivity contribution in [2.75, 3.05) is 5.32 Å². The minimum atomic E-state index is -0.314. The van der Waals surface area contributed by atoms with Gasteiger partial charge >= 0.3 is 0 Å². The number of nitrogens with one attached hydrogen (secondary N) is 1. The Bertz CT molecular complexity index is 841. The molecule has 0 aliphatic heterocycles. The van der Waals surface area contributed by atoms with Crippen molar-refractivity contribution < 1.29 is 9.18 Å². The molecule has 0 unspecified atom stereocenters. The minimum Gasteiger partial charge on any atom is -0.322 e. The first-order valence-corrected chi connectivity index (χ1v) is 7.10. The lowest BCUT2D eigenvalue weighted by molar-refractivity contribution is 0.102. The van der Waals surface area contributed by atoms with Crippen LogP contribution in [0.3, 0.4) is 0 Å². The van der Waals surface area contributed by atoms with Crippen molar-refractivity contribution in [2.45, 2.75) is 13.8 Å². The molecule has 1 aromatic carbocycles. The molecule has 1 N–H and O–H groups in total. The highest BCUT2D eigenvalue weighted by Gasteiger charge is 2.19. The molecule has 0 aliphatic rings. The molecule has 116 valence electrons. The lowest BCUT2D eigenvalue weighted by atomic mass is 10.1. The van der Waals surface area contributed by atoms with Crippen LogP contribution in [0.4, 0.5) is 10.1 Å². The number of carbonyl (C=O) groups is 1. The van der Waals surface area contributed by atoms with Crippen LogP contribution in [-0.4, -0.2) is 20.7 Å². The Kier molecular flexibility index (Phi) is 3.89. The number of aromatic nitrogens is 3. The van der Waals surface area contributed by atoms with E-state index in [-0.39, 0.29) is 11.7 Å². The van der Waals surface area contributed by atoms with Gasteiger partial charge in [0.15, 0.2) is 0 Å². The molecule has 2 heterocycles. The number of amides is 1. The van der Waals surface area contributed by atoms with Crippen LogP contribution < -0.4 is 5.32 Å². The predicted octanol–water partition coefficient (Wildman–Crippen LogP) is 3.28. The van der Waals surface area contributed by atoms with Gasteiger partial charge < -0.3 is 5.32 Å². The van der Waals surface area contributed by atoms with Gasteiger partial charge in [0.25, 0.3) is 5.91 Å². The summed E-state index contributed by atoms with van der Waals surface area (Å²) in [6.45, 7) is 3.58. The quantitative estimate of drug-likeness (QED) is 0.807. The first-order chi connectivity index (χ1) is 11.1. The number of nitrogens with zero attached hydrogens (tertiary/aromatic N) is 3. The molecule has 0 saturated carbocycles. The zero-order chi connectivity index (χ0) is 16.4. The molecular weight excluding hydrogens is 295 g/mol. The molecule has 0 spiro atoms. The summed E-state index contributed by atoms with van der Waals surface area (Å²) in [5, 5.41) is 7.22. The lowest BCUT2D eigenvalue weighted by Crippen LogP contribution is -2.14. The van der Waals surface area contributed by atoms with Crippen LogP contribution in [0.2, 0.25) is 0 Å². The Balaban J connectivity index is 1.94. The van der Waals surface area contributed by atoms with Crippen LogP contribution in [0.25, 0.3) is 5.69 Å². The molecule has 0 bridgehead atoms. The molecule has 0 radical (unpaired) electrons. The van der Waals surface area contributed by atoms with Crippen LogP contribution in [-0.2, 0) is 0 Å². The van der Waals surface area contributed by atoms with Crippen molar-refractivity contribution in [2.24, 2.45) is 0 Å². The highest BCUT2D eigenvalue weighted by atomic mass is 19.1. The maximum absolute atomic E-state index is 13.1. The van der Waals surface area contributed by atoms with Crippen molar-refractivity contribution in [1.29, 1.82) is 0 Å². The molecule has 5 nitrogen and oxygen atoms in total. The Labute approximate surface area is 132 Å². The van der Waals surface area contributed by atoms with Gasteiger partial charge in [-0.25, -0.2) is 9.07 Å². The van der Waals surface area contributed by atoms with Gasteiger partial charge in [-0.15, -0.1) is 0 Å². The summed E-state index contributed by atoms with van der Waals surface area (Å²) >= 11 is 0. The van der Waals surface area contributed by atoms with Gasteiger partial charge in [-0.2, -0.15) is 5.10 Å². The van der Waals surface area contributed by atoms with E-state index in [1.54, 1.807) is 48.3 Å². The average molecular weight is 310 g/mol. The van der Waals surface area contributed by atoms with Gasteiger partial charge in [-0.05, 0) is 50.2 Å². The fraction of sp³-hybridized carbons (Fsp3) is 0.118. The molecule has 0 aliphatic carbocycles. The number of anilines is 1. The van der Waals surface area contributed by atoms with Crippen LogP contribution in [0.15, 0.2) is 48.8 Å². The Morgan fingerprint density at radius 3 is 2.39 bits per heavy atom. The maximum atomic E-state index is 13.1. The first-order valence-electron chi connectivity index (χ1n) is 7.10. The smallest absolute Gasteiger partial charge is 0.259 e. The Morgan fingerprint density at radius 1 is 1.09 bits per heavy atom. The molecule has 23 heavy (non-hydrogen) atoms. The number of rotatable bonds is 3. The van der Waals surface area contributed by atoms with E-state index in [1.165, 1.54) is 12.1 Å². The van der Waals surface area contributed by atoms with E-state index in [1.807, 2.05) is 6.92 Å². The third-order valence-corrected chi connectivity index (χ3v) is 3.53. The number of hydrogen-bond acceptors (Lipinski definition) is 3. The van der Waals surface area contributed by atoms with Crippen molar-refractivity contribution in [1.82, 2.24) is 14.8 Å². The fourth-order valence-corrected chi connectivity index (χ4v) is 2.43. The highest BCUT2D eigenvalue weighted by Crippen LogP contribution is 2.19. The molecule has 3 aromatic rings. The average Bonchev–Trinajstić information content (AvgIpc) is 2.84. The number of benzene rings is 1. The Morgan fingerprint density at radius 2 is 1.74 bits per heavy atom. The molecule has 2 aromatic heterocycles. The van der Waals surface area contributed by atoms with E-state index in [4.69, 9.17) is 0 Å². The van der Waals surface area contributed by atoms with Crippen LogP contribution in [0.1, 0.15) is 21.7 Å². The van der Waals surface area contributed by atoms with Gasteiger partial charge in [-0.3, -0.25) is 9.78 Å². The molecule has 3 rings (SSSR count). The van der Waals surface area contributed by atoms with E-state index in [0.29, 0.717) is 28.3 Å². The molecular formula is C17H15FN4O. The molecule has 0 saturated heterocycles. The summed E-state index contributed by atoms with van der Waals surface area (Å²) < 4.78 is 14.7. The van der Waals surface area contributed by atoms with E-state index in [0.717, 1.165) is 0 Å². The molecule has 1 amide bonds. The number of hydrogen-bond donors (Lipinski definition) is 1. The zero-order valence-corrected chi connectivity index (χ0v) is 12.7. The third kappa shape index (κ3) is 2.96. The van der Waals surface area contributed by atoms with E-state index >= 15 is 0 Å². The number of halogens is 1. The summed E-state index contributed by atoms with van der Waals surface area (Å²) in [6.07, 6.45) is 3.22. The number of aryl methyl sites for hydroxylation is 1. The van der Waals surface area contributed by atoms with Crippen molar-refractivity contribution in [3.8, 4) is 5.69 Å². The summed E-state index contributed by atoms with van der Waals surface area (Å²) in [5.41, 5.74) is 3.18. The summed E-state index contributed by atoms with van der Waals surface area (Å²) in [6, 6.07) is 9.41. The largest absolute Gasteiger partial charge is 0.322 e. The highest BCUT2D eigenvalue weighted by molar-refractivity contribution is 6.05. The van der Waals surface area contributed by atoms with Crippen LogP contribution >= 0.6 is 0 Å². The standard InChI is InChI=1S/C17H15FN4O/c1-11-16(17(23)20-14-7-9-19-10-8-14)12(2)22(21-11)15-5-3-13(18)4-6-15/h3-10H,1-2H3,(H,19,20,23). The SMILES string of the molecule is Cc1nn(-c2ccc(F)cc2)c(C)c1C(=O)Nc1ccncc1. The van der Waals surface area contributed by atoms with Crippen molar-refractivity contribution in [3.63, 3.8) is 0 Å². The molecule has 6 heteroatoms. The predicted molar refractivity (Wildman–Crippen MR) is 85.2 cm³/mol. The maximum Gasteiger partial charge on any atom is 0.259 e. The lowest BCUT2D eigenvalue weighted by Gasteiger charge is -2.06. The van der Waals surface area contributed by atoms with Crippen molar-refractivity contribution >= 4 is 11.6 Å². The third-order valence-electron chi connectivity index (χ3n) is 3.53. The first kappa shape index (κ1) is 14.9. The summed E-state index contributed by atoms with van der Waals surface area (Å²) in [4.78, 5) is 16.4. The molecule has 0 atom stereocenters. The number of pyridine rings is 1. The monoisotopic (exact) mass is 310 g/mol. The topological polar surface area (TPSA) is 59.8 Å². The normalized spacial score (nSPS) is 10.6. The second-order valence-corrected chi connectivity index (χ2v) is 5.12. The van der Waals surface area contributed by atoms with E-state index in [2.05, 4.69) is 15.4 Å². The van der Waals surface area contributed by atoms with Gasteiger partial charge in [0.1, 0.15) is 5.82 Å². The summed E-state index contributed by atoms with van der Waals surface area (Å²) in [7, 11) is 0. The van der Waals surface area contributed by atoms with Crippen LogP contribution in [0, 0.1) is 19.7 Å². The van der Waals surface area contributed by atoms with Crippen molar-refractivity contribution in [3.05, 3.63) is 71.6 Å². The zero-order valence-electron chi connectivity index (χ0n) is 12.7. The Hall–Kier alpha value is -3.02. The molecule has 0 fully saturated rings. The number of carbonyl (C=O) groups excluding carboxylic acids is 1. The minimum absolute atomic E-state index is 0.237. The fourth-order valence-electron chi connectivity index (χ4n) is 2.43. The second kappa shape index (κ2) is 6.00. The van der Waals surface area contributed by atoms with E-state index in [9.17, 15) is 9.18 Å². The van der Waals surface area contributed by atoms with Crippen LogP contribution in [0.5, 0.6) is 0 Å². The van der Waals surface area contributed by atoms with Gasteiger partial charge in [0, 0.05) is 18.1 Å². The van der Waals surface area contributed by atoms with E-state index < -0.39 is 0 Å². The van der Waals surface area contributed by atoms with Gasteiger partial charge in [0.2, 0.25) is 0 Å². The van der Waals surface area contributed by atoms with Gasteiger partial charge in [-0.1, -0.05) is 0 Å². The van der Waals surface area contributed by atoms with Gasteiger partial charge in [0.05, 0.1) is 22.6 Å². The summed E-state index contributed by atoms with van der Waals surface area (Å²) in [5.74, 6) is -0.550.